The number of nitrogens with zero attached hydrogens (tertiary/aromatic N) is 1. The summed E-state index contributed by atoms with van der Waals surface area (Å²) in [5.74, 6) is -0.641. The first-order valence-corrected chi connectivity index (χ1v) is 12.6. The third-order valence-corrected chi connectivity index (χ3v) is 8.83. The Morgan fingerprint density at radius 3 is 2.63 bits per heavy atom. The lowest BCUT2D eigenvalue weighted by Crippen LogP contribution is -2.31. The van der Waals surface area contributed by atoms with E-state index in [1.807, 2.05) is 24.3 Å². The highest BCUT2D eigenvalue weighted by atomic mass is 35.5. The highest BCUT2D eigenvalue weighted by Crippen LogP contribution is 2.58. The molecule has 0 spiro atoms. The molecule has 0 unspecified atom stereocenters. The van der Waals surface area contributed by atoms with Gasteiger partial charge in [-0.25, -0.2) is 4.39 Å². The summed E-state index contributed by atoms with van der Waals surface area (Å²) in [6.45, 7) is 1.45. The molecule has 1 aliphatic heterocycles. The van der Waals surface area contributed by atoms with Crippen LogP contribution in [0.25, 0.3) is 0 Å². The van der Waals surface area contributed by atoms with Crippen LogP contribution in [0, 0.1) is 21.8 Å². The minimum atomic E-state index is -0.383. The number of rotatable bonds is 5. The van der Waals surface area contributed by atoms with Crippen molar-refractivity contribution in [2.24, 2.45) is 5.92 Å². The van der Waals surface area contributed by atoms with Crippen LogP contribution in [0.3, 0.4) is 0 Å². The summed E-state index contributed by atoms with van der Waals surface area (Å²) in [5, 5.41) is 17.4. The Bertz CT molecular complexity index is 1310. The van der Waals surface area contributed by atoms with E-state index in [9.17, 15) is 19.3 Å². The fourth-order valence-corrected chi connectivity index (χ4v) is 7.25. The molecule has 0 radical (unpaired) electrons. The van der Waals surface area contributed by atoms with Crippen molar-refractivity contribution >= 4 is 46.3 Å². The Kier molecular flexibility index (Phi) is 6.42. The van der Waals surface area contributed by atoms with Crippen molar-refractivity contribution in [2.45, 2.75) is 40.8 Å². The number of hydrogen-bond donors (Lipinski definition) is 2. The van der Waals surface area contributed by atoms with Crippen LogP contribution in [0.4, 0.5) is 21.5 Å². The van der Waals surface area contributed by atoms with Gasteiger partial charge in [0.15, 0.2) is 0 Å². The topological polar surface area (TPSA) is 84.3 Å². The quantitative estimate of drug-likeness (QED) is 0.225. The minimum absolute atomic E-state index is 0.0465. The number of alkyl halides is 1. The average molecular weight is 512 g/mol. The van der Waals surface area contributed by atoms with Crippen LogP contribution in [0.1, 0.15) is 36.4 Å². The second kappa shape index (κ2) is 9.51. The maximum Gasteiger partial charge on any atom is 0.282 e. The lowest BCUT2D eigenvalue weighted by atomic mass is 9.77. The number of carbonyl (C=O) groups excluding carboxylic acids is 1. The Balaban J connectivity index is 1.56. The number of amides is 1. The fraction of sp³-hybridized carbons (Fsp3) is 0.269. The summed E-state index contributed by atoms with van der Waals surface area (Å²) in [6, 6.07) is 18.7. The predicted octanol–water partition coefficient (Wildman–Crippen LogP) is 6.73. The number of nitrogens with one attached hydrogen (secondary N) is 2. The van der Waals surface area contributed by atoms with E-state index in [0.717, 1.165) is 11.3 Å². The van der Waals surface area contributed by atoms with E-state index in [1.165, 1.54) is 30.8 Å². The summed E-state index contributed by atoms with van der Waals surface area (Å²) < 4.78 is 14.9. The molecular weight excluding hydrogens is 489 g/mol. The van der Waals surface area contributed by atoms with Gasteiger partial charge in [-0.3, -0.25) is 14.9 Å². The summed E-state index contributed by atoms with van der Waals surface area (Å²) in [6.07, 6.45) is 0.644. The van der Waals surface area contributed by atoms with Gasteiger partial charge in [0.1, 0.15) is 5.82 Å². The maximum atomic E-state index is 14.9. The second-order valence-corrected chi connectivity index (χ2v) is 10.7. The van der Waals surface area contributed by atoms with Crippen LogP contribution in [0.2, 0.25) is 0 Å². The van der Waals surface area contributed by atoms with Crippen LogP contribution in [-0.4, -0.2) is 21.5 Å². The third-order valence-electron chi connectivity index (χ3n) is 6.71. The number of hydrogen-bond acceptors (Lipinski definition) is 5. The summed E-state index contributed by atoms with van der Waals surface area (Å²) >= 11 is 8.52. The summed E-state index contributed by atoms with van der Waals surface area (Å²) in [5.41, 5.74) is 3.09. The molecule has 0 saturated heterocycles. The van der Waals surface area contributed by atoms with Crippen molar-refractivity contribution in [2.75, 3.05) is 10.6 Å². The highest BCUT2D eigenvalue weighted by Gasteiger charge is 2.50. The predicted molar refractivity (Wildman–Crippen MR) is 137 cm³/mol. The second-order valence-electron chi connectivity index (χ2n) is 8.88. The molecule has 0 aromatic heterocycles. The number of thioether (sulfide) groups is 1. The van der Waals surface area contributed by atoms with Gasteiger partial charge in [0.25, 0.3) is 5.69 Å². The van der Waals surface area contributed by atoms with Crippen LogP contribution in [-0.2, 0) is 4.79 Å². The van der Waals surface area contributed by atoms with E-state index in [-0.39, 0.29) is 50.8 Å². The zero-order valence-electron chi connectivity index (χ0n) is 18.8. The SMILES string of the molecule is CC(=O)Nc1ccc2c(c1)[C@@H]1[C@H](Cl)[C@H](Sc3ccccc3[N+](=O)[O-])C[C@@H]1[C@H](c1ccccc1F)N2. The molecule has 3 aromatic carbocycles. The number of nitro benzene ring substituents is 1. The molecule has 180 valence electrons. The smallest absolute Gasteiger partial charge is 0.282 e. The van der Waals surface area contributed by atoms with Crippen LogP contribution in [0.15, 0.2) is 71.6 Å². The Morgan fingerprint density at radius 1 is 1.14 bits per heavy atom. The van der Waals surface area contributed by atoms with Gasteiger partial charge in [-0.15, -0.1) is 23.4 Å². The van der Waals surface area contributed by atoms with Crippen LogP contribution < -0.4 is 10.6 Å². The van der Waals surface area contributed by atoms with Crippen molar-refractivity contribution in [3.8, 4) is 0 Å². The average Bonchev–Trinajstić information content (AvgIpc) is 3.15. The highest BCUT2D eigenvalue weighted by molar-refractivity contribution is 8.00. The van der Waals surface area contributed by atoms with Crippen molar-refractivity contribution in [1.82, 2.24) is 0 Å². The molecule has 3 aromatic rings. The molecule has 1 saturated carbocycles. The van der Waals surface area contributed by atoms with Gasteiger partial charge in [0.2, 0.25) is 5.91 Å². The first-order chi connectivity index (χ1) is 16.8. The lowest BCUT2D eigenvalue weighted by molar-refractivity contribution is -0.387. The molecule has 2 aliphatic rings. The Hall–Kier alpha value is -3.10. The van der Waals surface area contributed by atoms with Crippen LogP contribution in [0.5, 0.6) is 0 Å². The van der Waals surface area contributed by atoms with Gasteiger partial charge in [0, 0.05) is 41.1 Å². The molecular formula is C26H23ClFN3O3S. The van der Waals surface area contributed by atoms with Crippen molar-refractivity contribution in [3.05, 3.63) is 93.8 Å². The molecule has 35 heavy (non-hydrogen) atoms. The zero-order valence-corrected chi connectivity index (χ0v) is 20.4. The number of benzene rings is 3. The largest absolute Gasteiger partial charge is 0.378 e. The van der Waals surface area contributed by atoms with Gasteiger partial charge in [-0.05, 0) is 48.2 Å². The number of carbonyl (C=O) groups is 1. The molecule has 6 nitrogen and oxygen atoms in total. The summed E-state index contributed by atoms with van der Waals surface area (Å²) in [7, 11) is 0. The maximum absolute atomic E-state index is 14.9. The standard InChI is InChI=1S/C26H23ClFN3O3S/c1-14(32)29-15-10-11-20-17(12-15)24-18(26(30-20)16-6-2-3-7-19(16)28)13-23(25(24)27)35-22-9-5-4-8-21(22)31(33)34/h2-12,18,23-26,30H,13H2,1H3,(H,29,32)/t18-,23+,24-,25+,26-/m0/s1. The Morgan fingerprint density at radius 2 is 1.89 bits per heavy atom. The first kappa shape index (κ1) is 23.6. The van der Waals surface area contributed by atoms with Gasteiger partial charge in [-0.2, -0.15) is 0 Å². The normalized spacial score (nSPS) is 24.7. The molecule has 0 bridgehead atoms. The van der Waals surface area contributed by atoms with Gasteiger partial charge in [0.05, 0.1) is 21.2 Å². The van der Waals surface area contributed by atoms with Gasteiger partial charge < -0.3 is 10.6 Å². The number of nitro groups is 1. The minimum Gasteiger partial charge on any atom is -0.378 e. The van der Waals surface area contributed by atoms with E-state index in [4.69, 9.17) is 11.6 Å². The number of halogens is 2. The number of para-hydroxylation sites is 1. The molecule has 1 fully saturated rings. The van der Waals surface area contributed by atoms with Gasteiger partial charge >= 0.3 is 0 Å². The zero-order chi connectivity index (χ0) is 24.7. The van der Waals surface area contributed by atoms with Gasteiger partial charge in [-0.1, -0.05) is 30.3 Å². The third kappa shape index (κ3) is 4.48. The molecule has 2 N–H and O–H groups in total. The van der Waals surface area contributed by atoms with E-state index in [1.54, 1.807) is 30.3 Å². The number of fused-ring (bicyclic) bond motifs is 3. The molecule has 1 aliphatic carbocycles. The first-order valence-electron chi connectivity index (χ1n) is 11.3. The fourth-order valence-electron chi connectivity index (χ4n) is 5.30. The van der Waals surface area contributed by atoms with Crippen molar-refractivity contribution in [3.63, 3.8) is 0 Å². The molecule has 5 atom stereocenters. The van der Waals surface area contributed by atoms with E-state index in [0.29, 0.717) is 22.6 Å². The molecule has 1 amide bonds. The monoisotopic (exact) mass is 511 g/mol. The van der Waals surface area contributed by atoms with E-state index < -0.39 is 0 Å². The van der Waals surface area contributed by atoms with Crippen molar-refractivity contribution in [1.29, 1.82) is 0 Å². The summed E-state index contributed by atoms with van der Waals surface area (Å²) in [4.78, 5) is 23.4. The van der Waals surface area contributed by atoms with E-state index >= 15 is 0 Å². The number of anilines is 2. The van der Waals surface area contributed by atoms with E-state index in [2.05, 4.69) is 10.6 Å². The van der Waals surface area contributed by atoms with Crippen molar-refractivity contribution < 1.29 is 14.1 Å². The molecule has 9 heteroatoms. The van der Waals surface area contributed by atoms with Crippen LogP contribution >= 0.6 is 23.4 Å². The molecule has 5 rings (SSSR count). The molecule has 1 heterocycles. The lowest BCUT2D eigenvalue weighted by Gasteiger charge is -2.38. The Labute approximate surface area is 211 Å².